The van der Waals surface area contributed by atoms with E-state index in [1.54, 1.807) is 0 Å². The molecular formula is C3H4OW. The Bertz CT molecular complexity index is 14.4. The summed E-state index contributed by atoms with van der Waals surface area (Å²) in [5.41, 5.74) is 0. The van der Waals surface area contributed by atoms with Gasteiger partial charge in [0.2, 0.25) is 0 Å². The number of hydrogen-bond donors (Lipinski definition) is 0. The van der Waals surface area contributed by atoms with E-state index >= 15 is 0 Å². The van der Waals surface area contributed by atoms with E-state index in [1.807, 2.05) is 0 Å². The molecule has 0 aromatic rings. The Morgan fingerprint density at radius 1 is 1.60 bits per heavy atom. The molecule has 0 saturated heterocycles. The molecule has 0 heterocycles. The fraction of sp³-hybridized carbons (Fsp3) is 0. The van der Waals surface area contributed by atoms with Crippen molar-refractivity contribution in [2.24, 2.45) is 0 Å². The average Bonchev–Trinajstić information content (AvgIpc) is 0.918. The van der Waals surface area contributed by atoms with Crippen molar-refractivity contribution in [3.8, 4) is 0 Å². The van der Waals surface area contributed by atoms with Crippen molar-refractivity contribution in [2.75, 3.05) is 0 Å². The third-order valence-electron chi connectivity index (χ3n) is 0. The van der Waals surface area contributed by atoms with E-state index in [2.05, 4.69) is 6.92 Å². The maximum Gasteiger partial charge on any atom is 2.00 e. The van der Waals surface area contributed by atoms with E-state index in [1.165, 1.54) is 0 Å². The monoisotopic (exact) mass is 240 g/mol. The molecule has 0 unspecified atom stereocenters. The standard InChI is InChI=1S/C2HO.CH3.W/c1-2-3;;/h1H;1H3;/q2*-1;+2. The Labute approximate surface area is 47.0 Å². The van der Waals surface area contributed by atoms with Crippen LogP contribution in [-0.4, -0.2) is 6.29 Å². The van der Waals surface area contributed by atoms with Gasteiger partial charge in [-0.25, -0.2) is 0 Å². The average molecular weight is 240 g/mol. The molecule has 0 atom stereocenters. The van der Waals surface area contributed by atoms with E-state index in [-0.39, 0.29) is 28.5 Å². The summed E-state index contributed by atoms with van der Waals surface area (Å²) < 4.78 is 0. The Balaban J connectivity index is -0.0000000200. The molecule has 2 heteroatoms. The number of carbonyl (C=O) groups excluding carboxylic acids is 1. The van der Waals surface area contributed by atoms with Crippen molar-refractivity contribution in [2.45, 2.75) is 0 Å². The fourth-order valence-electron chi connectivity index (χ4n) is 0. The van der Waals surface area contributed by atoms with Gasteiger partial charge in [0.05, 0.1) is 0 Å². The van der Waals surface area contributed by atoms with E-state index in [0.717, 1.165) is 6.29 Å². The Kier molecular flexibility index (Phi) is 97.5. The van der Waals surface area contributed by atoms with Crippen molar-refractivity contribution in [1.29, 1.82) is 0 Å². The molecule has 0 aliphatic rings. The van der Waals surface area contributed by atoms with E-state index < -0.39 is 0 Å². The molecule has 0 fully saturated rings. The molecule has 0 amide bonds. The van der Waals surface area contributed by atoms with Crippen molar-refractivity contribution in [1.82, 2.24) is 0 Å². The van der Waals surface area contributed by atoms with E-state index in [4.69, 9.17) is 4.79 Å². The molecule has 0 bridgehead atoms. The molecule has 0 aromatic carbocycles. The minimum atomic E-state index is 0. The molecule has 0 spiro atoms. The minimum absolute atomic E-state index is 0. The van der Waals surface area contributed by atoms with Crippen molar-refractivity contribution >= 4 is 6.29 Å². The van der Waals surface area contributed by atoms with Gasteiger partial charge in [-0.3, -0.25) is 6.29 Å². The second kappa shape index (κ2) is 26.6. The van der Waals surface area contributed by atoms with Gasteiger partial charge in [-0.1, -0.05) is 0 Å². The predicted octanol–water partition coefficient (Wildman–Crippen LogP) is 0.255. The first-order chi connectivity index (χ1) is 1.41. The molecule has 0 N–H and O–H groups in total. The first-order valence-corrected chi connectivity index (χ1v) is 0.493. The van der Waals surface area contributed by atoms with Gasteiger partial charge in [0.25, 0.3) is 0 Å². The summed E-state index contributed by atoms with van der Waals surface area (Å²) in [6.07, 6.45) is 1.00. The molecule has 0 aliphatic heterocycles. The van der Waals surface area contributed by atoms with E-state index in [9.17, 15) is 0 Å². The maximum atomic E-state index is 8.46. The maximum absolute atomic E-state index is 8.46. The van der Waals surface area contributed by atoms with Gasteiger partial charge in [0, 0.05) is 0 Å². The normalized spacial score (nSPS) is 2.60. The van der Waals surface area contributed by atoms with E-state index in [0.29, 0.717) is 0 Å². The molecule has 2 radical (unpaired) electrons. The Morgan fingerprint density at radius 2 is 1.60 bits per heavy atom. The quantitative estimate of drug-likeness (QED) is 0.555. The second-order valence-electron chi connectivity index (χ2n) is 0.118. The summed E-state index contributed by atoms with van der Waals surface area (Å²) in [6, 6.07) is 0. The Morgan fingerprint density at radius 3 is 1.60 bits per heavy atom. The zero-order valence-corrected chi connectivity index (χ0v) is 5.83. The SMILES string of the molecule is [CH3-].[CH][C-]=O.[W+2]. The molecule has 0 rings (SSSR count). The summed E-state index contributed by atoms with van der Waals surface area (Å²) in [7, 11) is 0. The van der Waals surface area contributed by atoms with Crippen LogP contribution >= 0.6 is 0 Å². The summed E-state index contributed by atoms with van der Waals surface area (Å²) >= 11 is 0. The molecule has 0 aromatic heterocycles. The molecule has 5 heavy (non-hydrogen) atoms. The van der Waals surface area contributed by atoms with Gasteiger partial charge in [-0.05, 0) is 0 Å². The number of hydrogen-bond acceptors (Lipinski definition) is 1. The number of rotatable bonds is 0. The summed E-state index contributed by atoms with van der Waals surface area (Å²) in [6.45, 7) is 4.04. The molecule has 0 saturated carbocycles. The third kappa shape index (κ3) is 189. The van der Waals surface area contributed by atoms with Crippen molar-refractivity contribution in [3.63, 3.8) is 0 Å². The largest absolute Gasteiger partial charge is 2.00 e. The van der Waals surface area contributed by atoms with Crippen LogP contribution in [0.15, 0.2) is 0 Å². The van der Waals surface area contributed by atoms with Crippen LogP contribution in [-0.2, 0) is 25.9 Å². The summed E-state index contributed by atoms with van der Waals surface area (Å²) in [5.74, 6) is 0. The molecule has 1 nitrogen and oxygen atoms in total. The second-order valence-corrected chi connectivity index (χ2v) is 0.118. The van der Waals surface area contributed by atoms with Crippen LogP contribution in [0.3, 0.4) is 0 Å². The zero-order chi connectivity index (χ0) is 2.71. The summed E-state index contributed by atoms with van der Waals surface area (Å²) in [4.78, 5) is 8.46. The van der Waals surface area contributed by atoms with Crippen molar-refractivity contribution < 1.29 is 25.9 Å². The summed E-state index contributed by atoms with van der Waals surface area (Å²) in [5, 5.41) is 0. The molecule has 28 valence electrons. The van der Waals surface area contributed by atoms with Crippen LogP contribution in [0.2, 0.25) is 0 Å². The predicted molar refractivity (Wildman–Crippen MR) is 16.4 cm³/mol. The van der Waals surface area contributed by atoms with Gasteiger partial charge < -0.3 is 12.2 Å². The molecule has 0 aliphatic carbocycles. The van der Waals surface area contributed by atoms with Gasteiger partial charge in [-0.2, -0.15) is 6.92 Å². The van der Waals surface area contributed by atoms with Crippen LogP contribution in [0, 0.1) is 14.4 Å². The van der Waals surface area contributed by atoms with Crippen LogP contribution < -0.4 is 0 Å². The van der Waals surface area contributed by atoms with Crippen molar-refractivity contribution in [3.05, 3.63) is 14.4 Å². The van der Waals surface area contributed by atoms with Gasteiger partial charge in [0.15, 0.2) is 0 Å². The molecular weight excluding hydrogens is 236 g/mol. The van der Waals surface area contributed by atoms with Gasteiger partial charge in [0.1, 0.15) is 0 Å². The van der Waals surface area contributed by atoms with Crippen LogP contribution in [0.1, 0.15) is 0 Å². The first kappa shape index (κ1) is 18.3. The first-order valence-electron chi connectivity index (χ1n) is 0.493. The Hall–Kier alpha value is 0.358. The fourth-order valence-corrected chi connectivity index (χ4v) is 0. The third-order valence-corrected chi connectivity index (χ3v) is 0. The van der Waals surface area contributed by atoms with Crippen LogP contribution in [0.25, 0.3) is 0 Å². The topological polar surface area (TPSA) is 17.1 Å². The van der Waals surface area contributed by atoms with Gasteiger partial charge >= 0.3 is 21.1 Å². The van der Waals surface area contributed by atoms with Crippen LogP contribution in [0.5, 0.6) is 0 Å². The van der Waals surface area contributed by atoms with Crippen LogP contribution in [0.4, 0.5) is 0 Å². The van der Waals surface area contributed by atoms with Gasteiger partial charge in [-0.15, -0.1) is 0 Å². The minimum Gasteiger partial charge on any atom is -0.542 e. The smallest absolute Gasteiger partial charge is 0.542 e. The zero-order valence-electron chi connectivity index (χ0n) is 2.89.